The Morgan fingerprint density at radius 1 is 0.938 bits per heavy atom. The topological polar surface area (TPSA) is 71.4 Å². The molecular formula is C13H7N3. The van der Waals surface area contributed by atoms with E-state index in [2.05, 4.69) is 0 Å². The number of benzene rings is 1. The van der Waals surface area contributed by atoms with Gasteiger partial charge in [-0.1, -0.05) is 36.4 Å². The first-order valence-electron chi connectivity index (χ1n) is 4.49. The van der Waals surface area contributed by atoms with Crippen LogP contribution in [0.3, 0.4) is 0 Å². The van der Waals surface area contributed by atoms with Gasteiger partial charge < -0.3 is 0 Å². The molecule has 74 valence electrons. The Hall–Kier alpha value is -2.83. The zero-order valence-electron chi connectivity index (χ0n) is 8.38. The van der Waals surface area contributed by atoms with E-state index in [1.807, 2.05) is 36.4 Å². The van der Waals surface area contributed by atoms with Gasteiger partial charge in [0.2, 0.25) is 0 Å². The van der Waals surface area contributed by atoms with E-state index in [1.54, 1.807) is 18.2 Å². The van der Waals surface area contributed by atoms with Gasteiger partial charge in [-0.2, -0.15) is 15.8 Å². The Bertz CT molecular complexity index is 530. The normalized spacial score (nSPS) is 8.81. The molecule has 0 aromatic heterocycles. The number of allylic oxidation sites excluding steroid dienone is 3. The van der Waals surface area contributed by atoms with Crippen LogP contribution in [-0.2, 0) is 0 Å². The summed E-state index contributed by atoms with van der Waals surface area (Å²) in [6.45, 7) is 0. The second-order valence-electron chi connectivity index (χ2n) is 2.87. The van der Waals surface area contributed by atoms with E-state index in [0.29, 0.717) is 0 Å². The third kappa shape index (κ3) is 2.84. The van der Waals surface area contributed by atoms with Crippen LogP contribution in [0.5, 0.6) is 0 Å². The van der Waals surface area contributed by atoms with Crippen molar-refractivity contribution < 1.29 is 0 Å². The molecule has 0 aliphatic carbocycles. The summed E-state index contributed by atoms with van der Waals surface area (Å²) >= 11 is 0. The maximum absolute atomic E-state index is 8.78. The first-order chi connectivity index (χ1) is 7.81. The first kappa shape index (κ1) is 11.2. The van der Waals surface area contributed by atoms with Crippen LogP contribution in [-0.4, -0.2) is 0 Å². The molecule has 0 bridgehead atoms. The number of hydrogen-bond donors (Lipinski definition) is 0. The lowest BCUT2D eigenvalue weighted by Crippen LogP contribution is -1.81. The summed E-state index contributed by atoms with van der Waals surface area (Å²) in [6.07, 6.45) is 3.16. The highest BCUT2D eigenvalue weighted by Gasteiger charge is 2.00. The molecule has 0 aliphatic heterocycles. The lowest BCUT2D eigenvalue weighted by atomic mass is 10.1. The van der Waals surface area contributed by atoms with E-state index in [9.17, 15) is 0 Å². The Morgan fingerprint density at radius 2 is 1.56 bits per heavy atom. The van der Waals surface area contributed by atoms with Crippen LogP contribution in [0.15, 0.2) is 47.6 Å². The molecule has 0 saturated heterocycles. The molecule has 0 amide bonds. The minimum atomic E-state index is -0.172. The summed E-state index contributed by atoms with van der Waals surface area (Å²) in [4.78, 5) is 0. The Kier molecular flexibility index (Phi) is 4.08. The standard InChI is InChI=1S/C13H7N3/c14-8-12(13(9-15)10-16)7-6-11-4-2-1-3-5-11/h1-7H. The summed E-state index contributed by atoms with van der Waals surface area (Å²) in [7, 11) is 0. The first-order valence-corrected chi connectivity index (χ1v) is 4.49. The summed E-state index contributed by atoms with van der Waals surface area (Å²) < 4.78 is 0. The van der Waals surface area contributed by atoms with Crippen LogP contribution in [0.25, 0.3) is 6.08 Å². The molecule has 0 heterocycles. The molecule has 0 saturated carbocycles. The number of hydrogen-bond acceptors (Lipinski definition) is 3. The summed E-state index contributed by atoms with van der Waals surface area (Å²) in [5, 5.41) is 26.0. The fraction of sp³-hybridized carbons (Fsp3) is 0. The fourth-order valence-electron chi connectivity index (χ4n) is 1.07. The van der Waals surface area contributed by atoms with E-state index in [4.69, 9.17) is 15.8 Å². The van der Waals surface area contributed by atoms with Crippen LogP contribution in [0.4, 0.5) is 0 Å². The van der Waals surface area contributed by atoms with Gasteiger partial charge >= 0.3 is 0 Å². The molecule has 3 nitrogen and oxygen atoms in total. The molecule has 0 radical (unpaired) electrons. The van der Waals surface area contributed by atoms with Crippen LogP contribution in [0.1, 0.15) is 5.56 Å². The van der Waals surface area contributed by atoms with E-state index in [0.717, 1.165) is 5.56 Å². The smallest absolute Gasteiger partial charge is 0.147 e. The van der Waals surface area contributed by atoms with Crippen molar-refractivity contribution >= 4 is 6.08 Å². The lowest BCUT2D eigenvalue weighted by molar-refractivity contribution is 1.42. The Balaban J connectivity index is 3.03. The fourth-order valence-corrected chi connectivity index (χ4v) is 1.07. The molecule has 0 unspecified atom stereocenters. The number of nitriles is 3. The van der Waals surface area contributed by atoms with Gasteiger partial charge in [-0.05, 0) is 11.6 Å². The average molecular weight is 205 g/mol. The Morgan fingerprint density at radius 3 is 2.06 bits per heavy atom. The minimum Gasteiger partial charge on any atom is -0.192 e. The van der Waals surface area contributed by atoms with Crippen molar-refractivity contribution in [1.82, 2.24) is 0 Å². The van der Waals surface area contributed by atoms with Gasteiger partial charge in [0.25, 0.3) is 0 Å². The molecule has 1 aromatic carbocycles. The molecule has 0 fully saturated rings. The predicted octanol–water partition coefficient (Wildman–Crippen LogP) is 2.57. The second-order valence-corrected chi connectivity index (χ2v) is 2.87. The quantitative estimate of drug-likeness (QED) is 0.550. The van der Waals surface area contributed by atoms with E-state index < -0.39 is 0 Å². The SMILES string of the molecule is N#CC(C#N)=C(C#N)C=Cc1ccccc1. The zero-order valence-corrected chi connectivity index (χ0v) is 8.38. The zero-order chi connectivity index (χ0) is 11.8. The van der Waals surface area contributed by atoms with Crippen molar-refractivity contribution in [1.29, 1.82) is 15.8 Å². The van der Waals surface area contributed by atoms with Crippen molar-refractivity contribution in [3.63, 3.8) is 0 Å². The third-order valence-electron chi connectivity index (χ3n) is 1.86. The summed E-state index contributed by atoms with van der Waals surface area (Å²) in [5.41, 5.74) is 0.814. The van der Waals surface area contributed by atoms with Crippen LogP contribution in [0.2, 0.25) is 0 Å². The lowest BCUT2D eigenvalue weighted by Gasteiger charge is -1.91. The van der Waals surface area contributed by atoms with Gasteiger partial charge in [0.15, 0.2) is 0 Å². The van der Waals surface area contributed by atoms with Crippen molar-refractivity contribution in [3.8, 4) is 18.2 Å². The largest absolute Gasteiger partial charge is 0.192 e. The molecule has 16 heavy (non-hydrogen) atoms. The molecule has 0 aliphatic rings. The third-order valence-corrected chi connectivity index (χ3v) is 1.86. The predicted molar refractivity (Wildman–Crippen MR) is 59.3 cm³/mol. The average Bonchev–Trinajstić information content (AvgIpc) is 2.35. The highest BCUT2D eigenvalue weighted by molar-refractivity contribution is 5.60. The van der Waals surface area contributed by atoms with E-state index in [-0.39, 0.29) is 11.1 Å². The molecule has 0 spiro atoms. The monoisotopic (exact) mass is 205 g/mol. The maximum Gasteiger partial charge on any atom is 0.147 e. The minimum absolute atomic E-state index is 0.0776. The molecule has 0 N–H and O–H groups in total. The van der Waals surface area contributed by atoms with Gasteiger partial charge in [0, 0.05) is 0 Å². The summed E-state index contributed by atoms with van der Waals surface area (Å²) in [5.74, 6) is 0. The van der Waals surface area contributed by atoms with E-state index in [1.165, 1.54) is 6.08 Å². The van der Waals surface area contributed by atoms with Crippen LogP contribution in [0, 0.1) is 34.0 Å². The number of nitrogens with zero attached hydrogens (tertiary/aromatic N) is 3. The van der Waals surface area contributed by atoms with Gasteiger partial charge in [-0.3, -0.25) is 0 Å². The number of rotatable bonds is 2. The highest BCUT2D eigenvalue weighted by Crippen LogP contribution is 2.08. The van der Waals surface area contributed by atoms with Gasteiger partial charge in [-0.25, -0.2) is 0 Å². The van der Waals surface area contributed by atoms with Crippen molar-refractivity contribution in [2.75, 3.05) is 0 Å². The van der Waals surface area contributed by atoms with Crippen LogP contribution < -0.4 is 0 Å². The molecule has 0 atom stereocenters. The maximum atomic E-state index is 8.78. The molecule has 3 heteroatoms. The van der Waals surface area contributed by atoms with Crippen molar-refractivity contribution in [2.45, 2.75) is 0 Å². The molecule has 1 rings (SSSR count). The highest BCUT2D eigenvalue weighted by atomic mass is 14.3. The van der Waals surface area contributed by atoms with Gasteiger partial charge in [0.1, 0.15) is 23.8 Å². The van der Waals surface area contributed by atoms with Crippen LogP contribution >= 0.6 is 0 Å². The Labute approximate surface area is 93.8 Å². The second kappa shape index (κ2) is 5.81. The molecular weight excluding hydrogens is 198 g/mol. The van der Waals surface area contributed by atoms with Gasteiger partial charge in [-0.15, -0.1) is 0 Å². The van der Waals surface area contributed by atoms with Gasteiger partial charge in [0.05, 0.1) is 5.57 Å². The van der Waals surface area contributed by atoms with E-state index >= 15 is 0 Å². The van der Waals surface area contributed by atoms with Crippen molar-refractivity contribution in [2.24, 2.45) is 0 Å². The van der Waals surface area contributed by atoms with Crippen molar-refractivity contribution in [3.05, 3.63) is 53.1 Å². The molecule has 1 aromatic rings. The summed E-state index contributed by atoms with van der Waals surface area (Å²) in [6, 6.07) is 14.5.